The molecule has 2 aromatic rings. The van der Waals surface area contributed by atoms with Crippen molar-refractivity contribution < 1.29 is 0 Å². The van der Waals surface area contributed by atoms with Crippen molar-refractivity contribution in [3.05, 3.63) is 39.4 Å². The summed E-state index contributed by atoms with van der Waals surface area (Å²) in [5.74, 6) is 0. The van der Waals surface area contributed by atoms with Gasteiger partial charge in [-0.05, 0) is 24.6 Å². The third-order valence-corrected chi connectivity index (χ3v) is 2.35. The molecule has 0 unspecified atom stereocenters. The zero-order valence-corrected chi connectivity index (χ0v) is 8.43. The van der Waals surface area contributed by atoms with E-state index in [1.54, 1.807) is 12.1 Å². The molecule has 0 atom stereocenters. The van der Waals surface area contributed by atoms with Gasteiger partial charge in [-0.3, -0.25) is 0 Å². The quantitative estimate of drug-likeness (QED) is 0.781. The van der Waals surface area contributed by atoms with Gasteiger partial charge in [0, 0.05) is 16.1 Å². The molecule has 1 heterocycles. The van der Waals surface area contributed by atoms with Gasteiger partial charge < -0.3 is 4.98 Å². The molecule has 0 bridgehead atoms. The lowest BCUT2D eigenvalue weighted by molar-refractivity contribution is 0.990. The van der Waals surface area contributed by atoms with Gasteiger partial charge in [0.15, 0.2) is 0 Å². The number of fused-ring (bicyclic) bond motifs is 1. The molecule has 1 N–H and O–H groups in total. The first-order valence-corrected chi connectivity index (χ1v) is 4.77. The zero-order valence-electron chi connectivity index (χ0n) is 7.67. The Bertz CT molecular complexity index is 533. The van der Waals surface area contributed by atoms with Crippen LogP contribution in [-0.4, -0.2) is 9.97 Å². The van der Waals surface area contributed by atoms with E-state index in [1.165, 1.54) is 0 Å². The van der Waals surface area contributed by atoms with Crippen LogP contribution >= 0.6 is 11.6 Å². The minimum absolute atomic E-state index is 0.309. The molecule has 2 rings (SSSR count). The molecule has 0 spiro atoms. The highest BCUT2D eigenvalue weighted by Gasteiger charge is 2.03. The van der Waals surface area contributed by atoms with Gasteiger partial charge in [0.05, 0.1) is 5.52 Å². The monoisotopic (exact) mass is 208 g/mol. The highest BCUT2D eigenvalue weighted by Crippen LogP contribution is 2.18. The van der Waals surface area contributed by atoms with Gasteiger partial charge >= 0.3 is 5.69 Å². The second kappa shape index (κ2) is 3.42. The van der Waals surface area contributed by atoms with Gasteiger partial charge in [-0.2, -0.15) is 4.98 Å². The molecule has 1 aromatic carbocycles. The smallest absolute Gasteiger partial charge is 0.309 e. The summed E-state index contributed by atoms with van der Waals surface area (Å²) in [6.07, 6.45) is 0.759. The van der Waals surface area contributed by atoms with Crippen LogP contribution in [0.15, 0.2) is 23.0 Å². The Hall–Kier alpha value is -1.35. The van der Waals surface area contributed by atoms with Gasteiger partial charge in [-0.25, -0.2) is 4.79 Å². The van der Waals surface area contributed by atoms with Crippen LogP contribution < -0.4 is 5.69 Å². The summed E-state index contributed by atoms with van der Waals surface area (Å²) in [6, 6.07) is 5.31. The Labute approximate surface area is 85.7 Å². The zero-order chi connectivity index (χ0) is 10.1. The van der Waals surface area contributed by atoms with Crippen molar-refractivity contribution >= 4 is 22.5 Å². The number of nitrogens with one attached hydrogen (secondary N) is 1. The maximum atomic E-state index is 11.1. The second-order valence-electron chi connectivity index (χ2n) is 3.04. The molecule has 14 heavy (non-hydrogen) atoms. The third-order valence-electron chi connectivity index (χ3n) is 2.12. The lowest BCUT2D eigenvalue weighted by atomic mass is 10.1. The van der Waals surface area contributed by atoms with E-state index in [-0.39, 0.29) is 5.69 Å². The number of aromatic nitrogens is 2. The highest BCUT2D eigenvalue weighted by molar-refractivity contribution is 6.31. The van der Waals surface area contributed by atoms with E-state index in [1.807, 2.05) is 13.0 Å². The number of aromatic amines is 1. The van der Waals surface area contributed by atoms with Crippen LogP contribution in [0.3, 0.4) is 0 Å². The first-order valence-electron chi connectivity index (χ1n) is 4.39. The van der Waals surface area contributed by atoms with E-state index in [4.69, 9.17) is 11.6 Å². The van der Waals surface area contributed by atoms with Gasteiger partial charge in [-0.15, -0.1) is 0 Å². The highest BCUT2D eigenvalue weighted by atomic mass is 35.5. The van der Waals surface area contributed by atoms with Crippen molar-refractivity contribution in [1.82, 2.24) is 9.97 Å². The van der Waals surface area contributed by atoms with Crippen LogP contribution in [0, 0.1) is 0 Å². The van der Waals surface area contributed by atoms with Crippen LogP contribution in [0.5, 0.6) is 0 Å². The van der Waals surface area contributed by atoms with Crippen LogP contribution in [0.1, 0.15) is 12.6 Å². The first-order chi connectivity index (χ1) is 6.70. The Morgan fingerprint density at radius 2 is 2.29 bits per heavy atom. The molecule has 1 aromatic heterocycles. The number of nitrogens with zero attached hydrogens (tertiary/aromatic N) is 1. The number of hydrogen-bond donors (Lipinski definition) is 1. The van der Waals surface area contributed by atoms with E-state index < -0.39 is 0 Å². The topological polar surface area (TPSA) is 45.8 Å². The number of aryl methyl sites for hydroxylation is 1. The number of hydrogen-bond acceptors (Lipinski definition) is 2. The normalized spacial score (nSPS) is 10.7. The third kappa shape index (κ3) is 1.51. The fourth-order valence-corrected chi connectivity index (χ4v) is 1.63. The molecule has 0 saturated heterocycles. The van der Waals surface area contributed by atoms with Crippen molar-refractivity contribution in [1.29, 1.82) is 0 Å². The van der Waals surface area contributed by atoms with Gasteiger partial charge in [0.25, 0.3) is 0 Å². The SMILES string of the molecule is CCc1[nH]c(=O)nc2ccc(Cl)cc12. The average Bonchev–Trinajstić information content (AvgIpc) is 2.17. The van der Waals surface area contributed by atoms with Crippen molar-refractivity contribution in [3.63, 3.8) is 0 Å². The molecule has 0 amide bonds. The van der Waals surface area contributed by atoms with E-state index in [0.717, 1.165) is 17.5 Å². The summed E-state index contributed by atoms with van der Waals surface area (Å²) >= 11 is 5.87. The molecular formula is C10H9ClN2O. The van der Waals surface area contributed by atoms with Crippen molar-refractivity contribution in [2.45, 2.75) is 13.3 Å². The lowest BCUT2D eigenvalue weighted by Gasteiger charge is -2.02. The minimum atomic E-state index is -0.309. The summed E-state index contributed by atoms with van der Waals surface area (Å²) in [5.41, 5.74) is 1.26. The predicted molar refractivity (Wildman–Crippen MR) is 56.8 cm³/mol. The molecule has 0 aliphatic heterocycles. The van der Waals surface area contributed by atoms with E-state index in [9.17, 15) is 4.79 Å². The summed E-state index contributed by atoms with van der Waals surface area (Å²) in [6.45, 7) is 1.98. The van der Waals surface area contributed by atoms with Gasteiger partial charge in [0.2, 0.25) is 0 Å². The second-order valence-corrected chi connectivity index (χ2v) is 3.47. The fourth-order valence-electron chi connectivity index (χ4n) is 1.46. The number of H-pyrrole nitrogens is 1. The predicted octanol–water partition coefficient (Wildman–Crippen LogP) is 2.14. The maximum Gasteiger partial charge on any atom is 0.345 e. The number of rotatable bonds is 1. The minimum Gasteiger partial charge on any atom is -0.309 e. The van der Waals surface area contributed by atoms with Crippen molar-refractivity contribution in [2.24, 2.45) is 0 Å². The summed E-state index contributed by atoms with van der Waals surface area (Å²) in [4.78, 5) is 17.7. The summed E-state index contributed by atoms with van der Waals surface area (Å²) < 4.78 is 0. The lowest BCUT2D eigenvalue weighted by Crippen LogP contribution is -2.12. The van der Waals surface area contributed by atoms with Crippen molar-refractivity contribution in [3.8, 4) is 0 Å². The average molecular weight is 209 g/mol. The van der Waals surface area contributed by atoms with Crippen molar-refractivity contribution in [2.75, 3.05) is 0 Å². The number of halogens is 1. The molecule has 0 fully saturated rings. The Kier molecular flexibility index (Phi) is 2.25. The maximum absolute atomic E-state index is 11.1. The largest absolute Gasteiger partial charge is 0.345 e. The first kappa shape index (κ1) is 9.21. The fraction of sp³-hybridized carbons (Fsp3) is 0.200. The van der Waals surface area contributed by atoms with Gasteiger partial charge in [-0.1, -0.05) is 18.5 Å². The van der Waals surface area contributed by atoms with E-state index in [2.05, 4.69) is 9.97 Å². The Morgan fingerprint density at radius 3 is 3.00 bits per heavy atom. The van der Waals surface area contributed by atoms with Crippen LogP contribution in [0.2, 0.25) is 5.02 Å². The van der Waals surface area contributed by atoms with Crippen LogP contribution in [0.25, 0.3) is 10.9 Å². The molecule has 0 radical (unpaired) electrons. The standard InChI is InChI=1S/C10H9ClN2O/c1-2-8-7-5-6(11)3-4-9(7)13-10(14)12-8/h3-5H,2H2,1H3,(H,12,13,14). The molecule has 0 aliphatic rings. The Morgan fingerprint density at radius 1 is 1.50 bits per heavy atom. The molecule has 4 heteroatoms. The van der Waals surface area contributed by atoms with E-state index in [0.29, 0.717) is 10.5 Å². The molecule has 3 nitrogen and oxygen atoms in total. The van der Waals surface area contributed by atoms with E-state index >= 15 is 0 Å². The summed E-state index contributed by atoms with van der Waals surface area (Å²) in [5, 5.41) is 1.57. The summed E-state index contributed by atoms with van der Waals surface area (Å²) in [7, 11) is 0. The van der Waals surface area contributed by atoms with Gasteiger partial charge in [0.1, 0.15) is 0 Å². The number of benzene rings is 1. The molecule has 0 saturated carbocycles. The Balaban J connectivity index is 2.88. The van der Waals surface area contributed by atoms with Crippen LogP contribution in [0.4, 0.5) is 0 Å². The molecule has 0 aliphatic carbocycles. The molecular weight excluding hydrogens is 200 g/mol. The van der Waals surface area contributed by atoms with Crippen LogP contribution in [-0.2, 0) is 6.42 Å². The molecule has 72 valence electrons.